The fraction of sp³-hybridized carbons (Fsp3) is 0.389. The molecule has 3 rings (SSSR count). The van der Waals surface area contributed by atoms with Gasteiger partial charge in [-0.1, -0.05) is 18.2 Å². The lowest BCUT2D eigenvalue weighted by Crippen LogP contribution is -2.48. The van der Waals surface area contributed by atoms with Crippen molar-refractivity contribution in [3.63, 3.8) is 0 Å². The van der Waals surface area contributed by atoms with Crippen LogP contribution in [0.5, 0.6) is 0 Å². The van der Waals surface area contributed by atoms with Crippen molar-refractivity contribution >= 4 is 22.7 Å². The molecule has 2 heterocycles. The molecule has 1 aliphatic heterocycles. The smallest absolute Gasteiger partial charge is 0.407 e. The lowest BCUT2D eigenvalue weighted by molar-refractivity contribution is 0.146. The molecule has 6 nitrogen and oxygen atoms in total. The van der Waals surface area contributed by atoms with E-state index in [1.807, 2.05) is 30.3 Å². The Bertz CT molecular complexity index is 784. The van der Waals surface area contributed by atoms with E-state index in [2.05, 4.69) is 21.3 Å². The number of amides is 1. The largest absolute Gasteiger partial charge is 0.450 e. The first-order valence-electron chi connectivity index (χ1n) is 8.19. The number of pyridine rings is 1. The summed E-state index contributed by atoms with van der Waals surface area (Å²) in [5.74, 6) is 0. The van der Waals surface area contributed by atoms with Crippen LogP contribution in [0.1, 0.15) is 25.5 Å². The molecule has 1 saturated heterocycles. The molecular weight excluding hydrogens is 304 g/mol. The van der Waals surface area contributed by atoms with Gasteiger partial charge in [-0.2, -0.15) is 5.26 Å². The second-order valence-corrected chi connectivity index (χ2v) is 5.81. The molecule has 0 bridgehead atoms. The van der Waals surface area contributed by atoms with Gasteiger partial charge in [-0.05, 0) is 31.9 Å². The van der Waals surface area contributed by atoms with Crippen LogP contribution in [-0.4, -0.2) is 36.8 Å². The third-order valence-electron chi connectivity index (χ3n) is 4.17. The van der Waals surface area contributed by atoms with Gasteiger partial charge in [0.15, 0.2) is 0 Å². The van der Waals surface area contributed by atoms with Crippen LogP contribution >= 0.6 is 0 Å². The summed E-state index contributed by atoms with van der Waals surface area (Å²) in [6.07, 6.45) is 1.51. The molecule has 124 valence electrons. The highest BCUT2D eigenvalue weighted by Crippen LogP contribution is 2.29. The fourth-order valence-electron chi connectivity index (χ4n) is 3.13. The van der Waals surface area contributed by atoms with Gasteiger partial charge in [0.2, 0.25) is 0 Å². The summed E-state index contributed by atoms with van der Waals surface area (Å²) in [6.45, 7) is 3.74. The summed E-state index contributed by atoms with van der Waals surface area (Å²) in [4.78, 5) is 18.2. The molecule has 24 heavy (non-hydrogen) atoms. The first-order chi connectivity index (χ1) is 11.7. The Morgan fingerprint density at radius 2 is 2.33 bits per heavy atom. The predicted molar refractivity (Wildman–Crippen MR) is 91.9 cm³/mol. The molecule has 1 amide bonds. The average molecular weight is 324 g/mol. The first kappa shape index (κ1) is 16.1. The third-order valence-corrected chi connectivity index (χ3v) is 4.17. The maximum absolute atomic E-state index is 11.7. The van der Waals surface area contributed by atoms with Gasteiger partial charge >= 0.3 is 6.09 Å². The van der Waals surface area contributed by atoms with Crippen molar-refractivity contribution in [2.45, 2.75) is 25.8 Å². The zero-order valence-electron chi connectivity index (χ0n) is 13.7. The Labute approximate surface area is 141 Å². The molecule has 1 atom stereocenters. The molecule has 0 saturated carbocycles. The number of nitrogens with zero attached hydrogens (tertiary/aromatic N) is 3. The standard InChI is InChI=1S/C18H20N4O2/c1-2-24-18(23)21-13-6-5-9-22(12-13)17-10-14(11-19)20-16-8-4-3-7-15(16)17/h3-4,7-8,10,13H,2,5-6,9,12H2,1H3,(H,21,23). The number of fused-ring (bicyclic) bond motifs is 1. The normalized spacial score (nSPS) is 17.3. The van der Waals surface area contributed by atoms with Crippen molar-refractivity contribution in [3.8, 4) is 6.07 Å². The topological polar surface area (TPSA) is 78.2 Å². The third kappa shape index (κ3) is 3.40. The van der Waals surface area contributed by atoms with Crippen molar-refractivity contribution < 1.29 is 9.53 Å². The number of ether oxygens (including phenoxy) is 1. The quantitative estimate of drug-likeness (QED) is 0.939. The molecule has 0 aliphatic carbocycles. The SMILES string of the molecule is CCOC(=O)NC1CCCN(c2cc(C#N)nc3ccccc23)C1. The number of benzene rings is 1. The van der Waals surface area contributed by atoms with Gasteiger partial charge < -0.3 is 15.0 Å². The number of carbonyl (C=O) groups is 1. The van der Waals surface area contributed by atoms with E-state index in [1.165, 1.54) is 0 Å². The lowest BCUT2D eigenvalue weighted by atomic mass is 10.0. The van der Waals surface area contributed by atoms with Gasteiger partial charge in [0.05, 0.1) is 12.1 Å². The zero-order valence-corrected chi connectivity index (χ0v) is 13.7. The number of alkyl carbamates (subject to hydrolysis) is 1. The molecule has 0 spiro atoms. The summed E-state index contributed by atoms with van der Waals surface area (Å²) in [5.41, 5.74) is 2.21. The van der Waals surface area contributed by atoms with Crippen LogP contribution in [0.4, 0.5) is 10.5 Å². The molecule has 1 aliphatic rings. The Kier molecular flexibility index (Phi) is 4.80. The number of anilines is 1. The van der Waals surface area contributed by atoms with Crippen LogP contribution < -0.4 is 10.2 Å². The van der Waals surface area contributed by atoms with E-state index in [1.54, 1.807) is 6.92 Å². The van der Waals surface area contributed by atoms with Crippen LogP contribution in [0.2, 0.25) is 0 Å². The van der Waals surface area contributed by atoms with Gasteiger partial charge in [0, 0.05) is 30.2 Å². The highest BCUT2D eigenvalue weighted by molar-refractivity contribution is 5.92. The van der Waals surface area contributed by atoms with Crippen molar-refractivity contribution in [2.24, 2.45) is 0 Å². The minimum atomic E-state index is -0.373. The summed E-state index contributed by atoms with van der Waals surface area (Å²) in [6, 6.07) is 11.8. The number of carbonyl (C=O) groups excluding carboxylic acids is 1. The van der Waals surface area contributed by atoms with E-state index in [4.69, 9.17) is 4.74 Å². The van der Waals surface area contributed by atoms with Gasteiger partial charge in [0.25, 0.3) is 0 Å². The number of rotatable bonds is 3. The second kappa shape index (κ2) is 7.18. The summed E-state index contributed by atoms with van der Waals surface area (Å²) >= 11 is 0. The molecular formula is C18H20N4O2. The number of aromatic nitrogens is 1. The van der Waals surface area contributed by atoms with Crippen LogP contribution in [0.25, 0.3) is 10.9 Å². The van der Waals surface area contributed by atoms with E-state index >= 15 is 0 Å². The van der Waals surface area contributed by atoms with Crippen molar-refractivity contribution in [3.05, 3.63) is 36.0 Å². The number of nitrogens with one attached hydrogen (secondary N) is 1. The van der Waals surface area contributed by atoms with E-state index in [0.717, 1.165) is 36.0 Å². The fourth-order valence-corrected chi connectivity index (χ4v) is 3.13. The minimum Gasteiger partial charge on any atom is -0.450 e. The molecule has 1 aromatic carbocycles. The maximum atomic E-state index is 11.7. The van der Waals surface area contributed by atoms with Crippen LogP contribution in [0, 0.1) is 11.3 Å². The molecule has 6 heteroatoms. The Balaban J connectivity index is 1.87. The highest BCUT2D eigenvalue weighted by atomic mass is 16.5. The number of nitriles is 1. The van der Waals surface area contributed by atoms with Gasteiger partial charge in [-0.3, -0.25) is 0 Å². The maximum Gasteiger partial charge on any atom is 0.407 e. The highest BCUT2D eigenvalue weighted by Gasteiger charge is 2.23. The van der Waals surface area contributed by atoms with Crippen molar-refractivity contribution in [1.82, 2.24) is 10.3 Å². The van der Waals surface area contributed by atoms with Crippen LogP contribution in [0.15, 0.2) is 30.3 Å². The van der Waals surface area contributed by atoms with Gasteiger partial charge in [-0.25, -0.2) is 9.78 Å². The number of hydrogen-bond acceptors (Lipinski definition) is 5. The van der Waals surface area contributed by atoms with Crippen molar-refractivity contribution in [2.75, 3.05) is 24.6 Å². The zero-order chi connectivity index (χ0) is 16.9. The predicted octanol–water partition coefficient (Wildman–Crippen LogP) is 2.82. The summed E-state index contributed by atoms with van der Waals surface area (Å²) < 4.78 is 4.97. The Morgan fingerprint density at radius 1 is 1.50 bits per heavy atom. The summed E-state index contributed by atoms with van der Waals surface area (Å²) in [5, 5.41) is 13.2. The van der Waals surface area contributed by atoms with E-state index in [9.17, 15) is 10.1 Å². The van der Waals surface area contributed by atoms with E-state index in [-0.39, 0.29) is 12.1 Å². The number of piperidine rings is 1. The molecule has 0 radical (unpaired) electrons. The second-order valence-electron chi connectivity index (χ2n) is 5.81. The van der Waals surface area contributed by atoms with Gasteiger partial charge in [0.1, 0.15) is 11.8 Å². The monoisotopic (exact) mass is 324 g/mol. The molecule has 1 fully saturated rings. The van der Waals surface area contributed by atoms with Crippen molar-refractivity contribution in [1.29, 1.82) is 5.26 Å². The van der Waals surface area contributed by atoms with Gasteiger partial charge in [-0.15, -0.1) is 0 Å². The molecule has 1 N–H and O–H groups in total. The first-order valence-corrected chi connectivity index (χ1v) is 8.19. The van der Waals surface area contributed by atoms with Crippen LogP contribution in [-0.2, 0) is 4.74 Å². The Hall–Kier alpha value is -2.81. The lowest BCUT2D eigenvalue weighted by Gasteiger charge is -2.35. The summed E-state index contributed by atoms with van der Waals surface area (Å²) in [7, 11) is 0. The average Bonchev–Trinajstić information content (AvgIpc) is 2.61. The minimum absolute atomic E-state index is 0.0373. The van der Waals surface area contributed by atoms with E-state index < -0.39 is 0 Å². The number of para-hydroxylation sites is 1. The van der Waals surface area contributed by atoms with E-state index in [0.29, 0.717) is 18.8 Å². The molecule has 1 aromatic heterocycles. The van der Waals surface area contributed by atoms with Crippen LogP contribution in [0.3, 0.4) is 0 Å². The number of hydrogen-bond donors (Lipinski definition) is 1. The molecule has 1 unspecified atom stereocenters. The molecule has 2 aromatic rings. The Morgan fingerprint density at radius 3 is 3.12 bits per heavy atom.